The van der Waals surface area contributed by atoms with Crippen LogP contribution in [0.4, 0.5) is 0 Å². The SMILES string of the molecule is Cn1c(=O)n(C)c2cc(COc3ccc(CNn4cnnc4)cc3)ccc21. The van der Waals surface area contributed by atoms with Gasteiger partial charge in [0.15, 0.2) is 0 Å². The average molecular weight is 364 g/mol. The average Bonchev–Trinajstić information content (AvgIpc) is 3.29. The van der Waals surface area contributed by atoms with Crippen LogP contribution in [0.3, 0.4) is 0 Å². The summed E-state index contributed by atoms with van der Waals surface area (Å²) in [6.07, 6.45) is 3.22. The van der Waals surface area contributed by atoms with Crippen molar-refractivity contribution in [3.63, 3.8) is 0 Å². The quantitative estimate of drug-likeness (QED) is 0.564. The highest BCUT2D eigenvalue weighted by molar-refractivity contribution is 5.76. The van der Waals surface area contributed by atoms with Gasteiger partial charge in [-0.05, 0) is 35.4 Å². The molecule has 27 heavy (non-hydrogen) atoms. The van der Waals surface area contributed by atoms with Crippen LogP contribution >= 0.6 is 0 Å². The largest absolute Gasteiger partial charge is 0.489 e. The summed E-state index contributed by atoms with van der Waals surface area (Å²) in [6.45, 7) is 1.11. The van der Waals surface area contributed by atoms with Crippen LogP contribution < -0.4 is 15.9 Å². The lowest BCUT2D eigenvalue weighted by atomic mass is 10.2. The van der Waals surface area contributed by atoms with E-state index in [2.05, 4.69) is 15.6 Å². The minimum absolute atomic E-state index is 0.0289. The molecule has 138 valence electrons. The summed E-state index contributed by atoms with van der Waals surface area (Å²) in [4.78, 5) is 12.0. The van der Waals surface area contributed by atoms with E-state index in [0.717, 1.165) is 27.9 Å². The number of nitrogens with one attached hydrogen (secondary N) is 1. The first-order valence-electron chi connectivity index (χ1n) is 8.56. The first kappa shape index (κ1) is 16.9. The summed E-state index contributed by atoms with van der Waals surface area (Å²) in [5.74, 6) is 0.796. The molecule has 1 N–H and O–H groups in total. The predicted molar refractivity (Wildman–Crippen MR) is 102 cm³/mol. The second-order valence-electron chi connectivity index (χ2n) is 6.36. The second kappa shape index (κ2) is 6.99. The Morgan fingerprint density at radius 3 is 2.33 bits per heavy atom. The first-order valence-corrected chi connectivity index (χ1v) is 8.56. The molecule has 0 radical (unpaired) electrons. The lowest BCUT2D eigenvalue weighted by molar-refractivity contribution is 0.306. The highest BCUT2D eigenvalue weighted by Crippen LogP contribution is 2.17. The first-order chi connectivity index (χ1) is 13.1. The minimum Gasteiger partial charge on any atom is -0.489 e. The van der Waals surface area contributed by atoms with Gasteiger partial charge in [0.2, 0.25) is 0 Å². The Hall–Kier alpha value is -3.55. The van der Waals surface area contributed by atoms with Crippen molar-refractivity contribution in [2.75, 3.05) is 5.43 Å². The number of nitrogens with zero attached hydrogens (tertiary/aromatic N) is 5. The van der Waals surface area contributed by atoms with Gasteiger partial charge in [-0.15, -0.1) is 10.2 Å². The Morgan fingerprint density at radius 2 is 1.59 bits per heavy atom. The Morgan fingerprint density at radius 1 is 0.926 bits per heavy atom. The van der Waals surface area contributed by atoms with Crippen molar-refractivity contribution >= 4 is 11.0 Å². The predicted octanol–water partition coefficient (Wildman–Crippen LogP) is 1.79. The van der Waals surface area contributed by atoms with Crippen molar-refractivity contribution in [2.24, 2.45) is 14.1 Å². The van der Waals surface area contributed by atoms with Gasteiger partial charge in [0, 0.05) is 14.1 Å². The van der Waals surface area contributed by atoms with Crippen LogP contribution in [0.1, 0.15) is 11.1 Å². The van der Waals surface area contributed by atoms with Gasteiger partial charge in [-0.2, -0.15) is 0 Å². The molecule has 0 aliphatic heterocycles. The molecule has 8 nitrogen and oxygen atoms in total. The van der Waals surface area contributed by atoms with E-state index in [-0.39, 0.29) is 5.69 Å². The summed E-state index contributed by atoms with van der Waals surface area (Å²) >= 11 is 0. The number of aromatic nitrogens is 5. The fourth-order valence-corrected chi connectivity index (χ4v) is 2.98. The molecule has 0 aliphatic rings. The maximum atomic E-state index is 12.0. The van der Waals surface area contributed by atoms with E-state index >= 15 is 0 Å². The van der Waals surface area contributed by atoms with Gasteiger partial charge in [-0.25, -0.2) is 9.47 Å². The van der Waals surface area contributed by atoms with E-state index in [1.165, 1.54) is 0 Å². The normalized spacial score (nSPS) is 11.0. The monoisotopic (exact) mass is 364 g/mol. The zero-order valence-electron chi connectivity index (χ0n) is 15.2. The minimum atomic E-state index is -0.0289. The molecule has 8 heteroatoms. The fraction of sp³-hybridized carbons (Fsp3) is 0.211. The van der Waals surface area contributed by atoms with E-state index in [1.807, 2.05) is 42.5 Å². The van der Waals surface area contributed by atoms with Gasteiger partial charge in [0.25, 0.3) is 0 Å². The summed E-state index contributed by atoms with van der Waals surface area (Å²) in [7, 11) is 3.56. The number of fused-ring (bicyclic) bond motifs is 1. The van der Waals surface area contributed by atoms with Gasteiger partial charge in [0.1, 0.15) is 25.0 Å². The molecule has 0 fully saturated rings. The number of imidazole rings is 1. The van der Waals surface area contributed by atoms with E-state index in [4.69, 9.17) is 4.74 Å². The maximum absolute atomic E-state index is 12.0. The number of hydrogen-bond donors (Lipinski definition) is 1. The molecule has 4 rings (SSSR count). The van der Waals surface area contributed by atoms with Crippen LogP contribution in [0.2, 0.25) is 0 Å². The highest BCUT2D eigenvalue weighted by atomic mass is 16.5. The van der Waals surface area contributed by atoms with E-state index in [0.29, 0.717) is 13.2 Å². The molecule has 0 bridgehead atoms. The molecule has 0 atom stereocenters. The number of benzene rings is 2. The topological polar surface area (TPSA) is 78.9 Å². The third-order valence-corrected chi connectivity index (χ3v) is 4.55. The van der Waals surface area contributed by atoms with Crippen molar-refractivity contribution in [3.8, 4) is 5.75 Å². The van der Waals surface area contributed by atoms with Crippen LogP contribution in [0.15, 0.2) is 59.9 Å². The van der Waals surface area contributed by atoms with E-state index < -0.39 is 0 Å². The Balaban J connectivity index is 1.40. The van der Waals surface area contributed by atoms with Crippen LogP contribution in [-0.2, 0) is 27.2 Å². The molecule has 0 spiro atoms. The van der Waals surface area contributed by atoms with Gasteiger partial charge in [0.05, 0.1) is 17.6 Å². The van der Waals surface area contributed by atoms with Crippen molar-refractivity contribution in [1.29, 1.82) is 0 Å². The lowest BCUT2D eigenvalue weighted by Crippen LogP contribution is -2.19. The second-order valence-corrected chi connectivity index (χ2v) is 6.36. The number of hydrogen-bond acceptors (Lipinski definition) is 5. The lowest BCUT2D eigenvalue weighted by Gasteiger charge is -2.09. The van der Waals surface area contributed by atoms with E-state index in [1.54, 1.807) is 40.6 Å². The number of rotatable bonds is 6. The molecule has 2 aromatic carbocycles. The highest BCUT2D eigenvalue weighted by Gasteiger charge is 2.08. The van der Waals surface area contributed by atoms with Gasteiger partial charge in [-0.3, -0.25) is 9.13 Å². The van der Waals surface area contributed by atoms with Crippen molar-refractivity contribution in [3.05, 3.63) is 76.7 Å². The Bertz CT molecular complexity index is 1110. The number of ether oxygens (including phenoxy) is 1. The fourth-order valence-electron chi connectivity index (χ4n) is 2.98. The molecule has 4 aromatic rings. The van der Waals surface area contributed by atoms with Crippen LogP contribution in [0.25, 0.3) is 11.0 Å². The molecule has 0 unspecified atom stereocenters. The molecule has 0 aliphatic carbocycles. The molecular formula is C19H20N6O2. The zero-order chi connectivity index (χ0) is 18.8. The summed E-state index contributed by atoms with van der Waals surface area (Å²) in [5.41, 5.74) is 7.09. The van der Waals surface area contributed by atoms with E-state index in [9.17, 15) is 4.79 Å². The summed E-state index contributed by atoms with van der Waals surface area (Å²) in [6, 6.07) is 13.8. The Labute approximate surface area is 155 Å². The van der Waals surface area contributed by atoms with Gasteiger partial charge >= 0.3 is 5.69 Å². The summed E-state index contributed by atoms with van der Waals surface area (Å²) in [5, 5.41) is 7.48. The standard InChI is InChI=1S/C19H20N6O2/c1-23-17-8-5-15(9-18(17)24(2)19(23)26)11-27-16-6-3-14(4-7-16)10-22-25-12-20-21-13-25/h3-9,12-13,22H,10-11H2,1-2H3. The van der Waals surface area contributed by atoms with Crippen molar-refractivity contribution in [2.45, 2.75) is 13.2 Å². The maximum Gasteiger partial charge on any atom is 0.328 e. The third-order valence-electron chi connectivity index (χ3n) is 4.55. The molecule has 0 saturated carbocycles. The van der Waals surface area contributed by atoms with Crippen LogP contribution in [0.5, 0.6) is 5.75 Å². The molecule has 2 heterocycles. The summed E-state index contributed by atoms with van der Waals surface area (Å²) < 4.78 is 10.9. The van der Waals surface area contributed by atoms with Crippen molar-refractivity contribution in [1.82, 2.24) is 24.0 Å². The molecular weight excluding hydrogens is 344 g/mol. The zero-order valence-corrected chi connectivity index (χ0v) is 15.2. The smallest absolute Gasteiger partial charge is 0.328 e. The van der Waals surface area contributed by atoms with Crippen LogP contribution in [-0.4, -0.2) is 24.0 Å². The number of aryl methyl sites for hydroxylation is 2. The molecule has 0 amide bonds. The van der Waals surface area contributed by atoms with Gasteiger partial charge in [-0.1, -0.05) is 18.2 Å². The third kappa shape index (κ3) is 3.41. The van der Waals surface area contributed by atoms with Gasteiger partial charge < -0.3 is 10.2 Å². The Kier molecular flexibility index (Phi) is 4.37. The molecule has 0 saturated heterocycles. The molecule has 2 aromatic heterocycles. The van der Waals surface area contributed by atoms with Crippen molar-refractivity contribution < 1.29 is 4.74 Å². The van der Waals surface area contributed by atoms with Crippen LogP contribution in [0, 0.1) is 0 Å².